The number of piperidine rings is 1. The maximum absolute atomic E-state index is 13.4. The third kappa shape index (κ3) is 1.98. The quantitative estimate of drug-likeness (QED) is 0.762. The van der Waals surface area contributed by atoms with Gasteiger partial charge in [0.1, 0.15) is 0 Å². The fourth-order valence-electron chi connectivity index (χ4n) is 3.29. The molecule has 7 heteroatoms. The van der Waals surface area contributed by atoms with Crippen molar-refractivity contribution >= 4 is 0 Å². The SMILES string of the molecule is O=c1[nH]c(=O)n(C2CCN3CCCC3C2)c(O)c1F. The topological polar surface area (TPSA) is 78.3 Å². The molecule has 0 radical (unpaired) electrons. The second kappa shape index (κ2) is 4.48. The molecule has 2 saturated heterocycles. The van der Waals surface area contributed by atoms with Crippen LogP contribution in [0.2, 0.25) is 0 Å². The van der Waals surface area contributed by atoms with Crippen LogP contribution in [0.25, 0.3) is 0 Å². The largest absolute Gasteiger partial charge is 0.492 e. The number of aromatic amines is 1. The molecule has 0 bridgehead atoms. The molecule has 2 unspecified atom stereocenters. The Morgan fingerprint density at radius 2 is 2.00 bits per heavy atom. The number of rotatable bonds is 1. The van der Waals surface area contributed by atoms with E-state index >= 15 is 0 Å². The van der Waals surface area contributed by atoms with Gasteiger partial charge in [0.05, 0.1) is 0 Å². The molecule has 0 aliphatic carbocycles. The molecule has 1 aromatic heterocycles. The van der Waals surface area contributed by atoms with Gasteiger partial charge in [0.2, 0.25) is 11.7 Å². The summed E-state index contributed by atoms with van der Waals surface area (Å²) in [5.41, 5.74) is -1.91. The van der Waals surface area contributed by atoms with Crippen molar-refractivity contribution in [1.82, 2.24) is 14.5 Å². The van der Waals surface area contributed by atoms with Crippen molar-refractivity contribution in [2.75, 3.05) is 13.1 Å². The average Bonchev–Trinajstić information content (AvgIpc) is 2.83. The summed E-state index contributed by atoms with van der Waals surface area (Å²) in [6.45, 7) is 1.90. The number of nitrogens with one attached hydrogen (secondary N) is 1. The van der Waals surface area contributed by atoms with E-state index in [1.54, 1.807) is 0 Å². The molecular weight excluding hydrogens is 253 g/mol. The highest BCUT2D eigenvalue weighted by Crippen LogP contribution is 2.33. The molecule has 19 heavy (non-hydrogen) atoms. The zero-order valence-corrected chi connectivity index (χ0v) is 10.4. The molecule has 0 spiro atoms. The van der Waals surface area contributed by atoms with Crippen molar-refractivity contribution in [1.29, 1.82) is 0 Å². The van der Waals surface area contributed by atoms with E-state index in [0.29, 0.717) is 18.9 Å². The van der Waals surface area contributed by atoms with Gasteiger partial charge in [0.15, 0.2) is 0 Å². The van der Waals surface area contributed by atoms with Gasteiger partial charge in [0, 0.05) is 18.6 Å². The minimum absolute atomic E-state index is 0.252. The molecule has 0 amide bonds. The average molecular weight is 269 g/mol. The number of nitrogens with zero attached hydrogens (tertiary/aromatic N) is 2. The van der Waals surface area contributed by atoms with E-state index in [4.69, 9.17) is 0 Å². The molecule has 2 fully saturated rings. The van der Waals surface area contributed by atoms with E-state index in [-0.39, 0.29) is 6.04 Å². The second-order valence-electron chi connectivity index (χ2n) is 5.28. The summed E-state index contributed by atoms with van der Waals surface area (Å²) >= 11 is 0. The Labute approximate surface area is 108 Å². The van der Waals surface area contributed by atoms with Crippen molar-refractivity contribution < 1.29 is 9.50 Å². The lowest BCUT2D eigenvalue weighted by Gasteiger charge is -2.35. The van der Waals surface area contributed by atoms with Crippen LogP contribution in [0.5, 0.6) is 5.88 Å². The zero-order valence-electron chi connectivity index (χ0n) is 10.4. The number of aromatic hydroxyl groups is 1. The van der Waals surface area contributed by atoms with Crippen LogP contribution in [0.1, 0.15) is 31.7 Å². The summed E-state index contributed by atoms with van der Waals surface area (Å²) in [5, 5.41) is 9.71. The molecule has 2 N–H and O–H groups in total. The summed E-state index contributed by atoms with van der Waals surface area (Å²) in [6, 6.07) is 0.137. The van der Waals surface area contributed by atoms with Crippen LogP contribution in [0.3, 0.4) is 0 Å². The highest BCUT2D eigenvalue weighted by molar-refractivity contribution is 5.11. The first-order valence-electron chi connectivity index (χ1n) is 6.55. The lowest BCUT2D eigenvalue weighted by atomic mass is 9.97. The number of halogens is 1. The molecule has 3 heterocycles. The van der Waals surface area contributed by atoms with Gasteiger partial charge in [-0.15, -0.1) is 0 Å². The highest BCUT2D eigenvalue weighted by atomic mass is 19.1. The minimum Gasteiger partial charge on any atom is -0.492 e. The molecule has 1 aromatic rings. The highest BCUT2D eigenvalue weighted by Gasteiger charge is 2.34. The Hall–Kier alpha value is -1.63. The van der Waals surface area contributed by atoms with Gasteiger partial charge in [-0.25, -0.2) is 4.79 Å². The van der Waals surface area contributed by atoms with Crippen LogP contribution in [0.4, 0.5) is 4.39 Å². The van der Waals surface area contributed by atoms with E-state index in [1.165, 1.54) is 0 Å². The first kappa shape index (κ1) is 12.4. The lowest BCUT2D eigenvalue weighted by molar-refractivity contribution is 0.146. The van der Waals surface area contributed by atoms with Crippen molar-refractivity contribution in [3.63, 3.8) is 0 Å². The third-order valence-corrected chi connectivity index (χ3v) is 4.22. The standard InChI is InChI=1S/C12H16FN3O3/c13-9-10(17)14-12(19)16(11(9)18)8-3-5-15-4-1-2-7(15)6-8/h7-8,18H,1-6H2,(H,14,17,19). The van der Waals surface area contributed by atoms with Crippen LogP contribution < -0.4 is 11.2 Å². The molecule has 2 aliphatic heterocycles. The van der Waals surface area contributed by atoms with Gasteiger partial charge in [-0.1, -0.05) is 0 Å². The monoisotopic (exact) mass is 269 g/mol. The fraction of sp³-hybridized carbons (Fsp3) is 0.667. The number of H-pyrrole nitrogens is 1. The molecular formula is C12H16FN3O3. The Balaban J connectivity index is 1.97. The number of hydrogen-bond donors (Lipinski definition) is 2. The first-order chi connectivity index (χ1) is 9.08. The van der Waals surface area contributed by atoms with Gasteiger partial charge < -0.3 is 10.0 Å². The van der Waals surface area contributed by atoms with E-state index < -0.39 is 22.9 Å². The Morgan fingerprint density at radius 1 is 1.21 bits per heavy atom. The number of fused-ring (bicyclic) bond motifs is 1. The second-order valence-corrected chi connectivity index (χ2v) is 5.28. The number of aromatic nitrogens is 2. The Bertz CT molecular complexity index is 609. The van der Waals surface area contributed by atoms with Crippen molar-refractivity contribution in [2.24, 2.45) is 0 Å². The van der Waals surface area contributed by atoms with Gasteiger partial charge in [-0.05, 0) is 32.2 Å². The third-order valence-electron chi connectivity index (χ3n) is 4.22. The van der Waals surface area contributed by atoms with Crippen molar-refractivity contribution in [3.8, 4) is 5.88 Å². The van der Waals surface area contributed by atoms with Crippen LogP contribution in [0, 0.1) is 5.82 Å². The van der Waals surface area contributed by atoms with Gasteiger partial charge in [-0.3, -0.25) is 14.3 Å². The predicted octanol–water partition coefficient (Wildman–Crippen LogP) is 0.181. The number of hydrogen-bond acceptors (Lipinski definition) is 4. The molecule has 2 atom stereocenters. The summed E-state index contributed by atoms with van der Waals surface area (Å²) in [5.74, 6) is -2.13. The van der Waals surface area contributed by atoms with Crippen molar-refractivity contribution in [2.45, 2.75) is 37.8 Å². The summed E-state index contributed by atoms with van der Waals surface area (Å²) in [4.78, 5) is 27.1. The smallest absolute Gasteiger partial charge is 0.331 e. The lowest BCUT2D eigenvalue weighted by Crippen LogP contribution is -2.42. The zero-order chi connectivity index (χ0) is 13.6. The van der Waals surface area contributed by atoms with E-state index in [0.717, 1.165) is 30.5 Å². The van der Waals surface area contributed by atoms with Crippen LogP contribution in [-0.2, 0) is 0 Å². The summed E-state index contributed by atoms with van der Waals surface area (Å²) in [6.07, 6.45) is 3.59. The molecule has 6 nitrogen and oxygen atoms in total. The normalized spacial score (nSPS) is 27.4. The van der Waals surface area contributed by atoms with E-state index in [2.05, 4.69) is 4.90 Å². The maximum Gasteiger partial charge on any atom is 0.331 e. The van der Waals surface area contributed by atoms with Crippen LogP contribution >= 0.6 is 0 Å². The van der Waals surface area contributed by atoms with Gasteiger partial charge in [-0.2, -0.15) is 4.39 Å². The molecule has 104 valence electrons. The van der Waals surface area contributed by atoms with Crippen LogP contribution in [0.15, 0.2) is 9.59 Å². The van der Waals surface area contributed by atoms with Gasteiger partial charge >= 0.3 is 5.69 Å². The first-order valence-corrected chi connectivity index (χ1v) is 6.55. The van der Waals surface area contributed by atoms with Crippen molar-refractivity contribution in [3.05, 3.63) is 26.7 Å². The maximum atomic E-state index is 13.4. The minimum atomic E-state index is -1.28. The van der Waals surface area contributed by atoms with Crippen LogP contribution in [-0.4, -0.2) is 38.7 Å². The fourth-order valence-corrected chi connectivity index (χ4v) is 3.29. The summed E-state index contributed by atoms with van der Waals surface area (Å²) < 4.78 is 14.4. The Kier molecular flexibility index (Phi) is 2.93. The predicted molar refractivity (Wildman–Crippen MR) is 65.8 cm³/mol. The van der Waals surface area contributed by atoms with E-state index in [1.807, 2.05) is 4.98 Å². The molecule has 2 aliphatic rings. The molecule has 3 rings (SSSR count). The summed E-state index contributed by atoms with van der Waals surface area (Å²) in [7, 11) is 0. The molecule has 0 aromatic carbocycles. The van der Waals surface area contributed by atoms with E-state index in [9.17, 15) is 19.1 Å². The molecule has 0 saturated carbocycles. The van der Waals surface area contributed by atoms with Gasteiger partial charge in [0.25, 0.3) is 5.56 Å². The Morgan fingerprint density at radius 3 is 2.79 bits per heavy atom.